The number of nitrogens with one attached hydrogen (secondary N) is 1. The Kier molecular flexibility index (Phi) is 4.70. The molecule has 0 spiro atoms. The van der Waals surface area contributed by atoms with E-state index in [1.54, 1.807) is 20.2 Å². The highest BCUT2D eigenvalue weighted by Crippen LogP contribution is 2.21. The van der Waals surface area contributed by atoms with Gasteiger partial charge in [-0.1, -0.05) is 0 Å². The van der Waals surface area contributed by atoms with Crippen molar-refractivity contribution in [2.75, 3.05) is 12.4 Å². The molecule has 0 unspecified atom stereocenters. The molecule has 0 radical (unpaired) electrons. The maximum Gasteiger partial charge on any atom is 0.223 e. The summed E-state index contributed by atoms with van der Waals surface area (Å²) < 4.78 is 5.33. The van der Waals surface area contributed by atoms with Gasteiger partial charge >= 0.3 is 0 Å². The third-order valence-electron chi connectivity index (χ3n) is 3.41. The largest absolute Gasteiger partial charge is 0.481 e. The van der Waals surface area contributed by atoms with Gasteiger partial charge in [-0.2, -0.15) is 0 Å². The minimum absolute atomic E-state index is 0.0377. The van der Waals surface area contributed by atoms with Crippen molar-refractivity contribution in [1.29, 1.82) is 0 Å². The van der Waals surface area contributed by atoms with E-state index in [0.717, 1.165) is 16.8 Å². The Balaban J connectivity index is 2.20. The zero-order valence-electron chi connectivity index (χ0n) is 13.5. The summed E-state index contributed by atoms with van der Waals surface area (Å²) in [5.74, 6) is 1.04. The number of ether oxygens (including phenoxy) is 1. The van der Waals surface area contributed by atoms with Crippen molar-refractivity contribution in [1.82, 2.24) is 15.0 Å². The van der Waals surface area contributed by atoms with Crippen LogP contribution >= 0.6 is 0 Å². The molecule has 6 heteroatoms. The normalized spacial score (nSPS) is 10.4. The minimum Gasteiger partial charge on any atom is -0.481 e. The molecule has 0 saturated carbocycles. The molecule has 22 heavy (non-hydrogen) atoms. The molecular formula is C16H20N4O2. The SMILES string of the molecule is COc1nc(C)cc(C)c1CNc1ncc(C(C)=O)c(C)n1. The molecular weight excluding hydrogens is 280 g/mol. The van der Waals surface area contributed by atoms with Crippen molar-refractivity contribution >= 4 is 11.7 Å². The standard InChI is InChI=1S/C16H20N4O2/c1-9-6-10(2)19-15(22-5)13(9)7-17-16-18-8-14(12(4)21)11(3)20-16/h6,8H,7H2,1-5H3,(H,17,18,20). The van der Waals surface area contributed by atoms with Crippen LogP contribution in [-0.2, 0) is 6.54 Å². The number of aromatic nitrogens is 3. The van der Waals surface area contributed by atoms with Gasteiger partial charge in [0.05, 0.1) is 18.4 Å². The molecule has 6 nitrogen and oxygen atoms in total. The minimum atomic E-state index is -0.0377. The first-order valence-electron chi connectivity index (χ1n) is 7.02. The number of pyridine rings is 1. The average molecular weight is 300 g/mol. The molecule has 0 amide bonds. The summed E-state index contributed by atoms with van der Waals surface area (Å²) in [7, 11) is 1.60. The molecule has 0 bridgehead atoms. The monoisotopic (exact) mass is 300 g/mol. The van der Waals surface area contributed by atoms with Crippen LogP contribution in [0.3, 0.4) is 0 Å². The first-order valence-corrected chi connectivity index (χ1v) is 7.02. The van der Waals surface area contributed by atoms with Crippen LogP contribution in [-0.4, -0.2) is 27.8 Å². The number of rotatable bonds is 5. The molecule has 0 saturated heterocycles. The number of carbonyl (C=O) groups is 1. The quantitative estimate of drug-likeness (QED) is 0.855. The molecule has 2 aromatic heterocycles. The Bertz CT molecular complexity index is 714. The zero-order valence-corrected chi connectivity index (χ0v) is 13.5. The summed E-state index contributed by atoms with van der Waals surface area (Å²) in [6.45, 7) is 7.74. The Morgan fingerprint density at radius 2 is 2.00 bits per heavy atom. The lowest BCUT2D eigenvalue weighted by atomic mass is 10.1. The number of aryl methyl sites for hydroxylation is 3. The predicted molar refractivity (Wildman–Crippen MR) is 84.4 cm³/mol. The van der Waals surface area contributed by atoms with Gasteiger partial charge < -0.3 is 10.1 Å². The van der Waals surface area contributed by atoms with Crippen LogP contribution in [0.25, 0.3) is 0 Å². The zero-order chi connectivity index (χ0) is 16.3. The van der Waals surface area contributed by atoms with Crippen LogP contribution < -0.4 is 10.1 Å². The lowest BCUT2D eigenvalue weighted by Crippen LogP contribution is -2.10. The predicted octanol–water partition coefficient (Wildman–Crippen LogP) is 2.62. The molecule has 0 aliphatic rings. The highest BCUT2D eigenvalue weighted by atomic mass is 16.5. The van der Waals surface area contributed by atoms with Gasteiger partial charge in [0.25, 0.3) is 0 Å². The van der Waals surface area contributed by atoms with E-state index >= 15 is 0 Å². The summed E-state index contributed by atoms with van der Waals surface area (Å²) >= 11 is 0. The van der Waals surface area contributed by atoms with Gasteiger partial charge in [-0.3, -0.25) is 4.79 Å². The van der Waals surface area contributed by atoms with Crippen LogP contribution in [0.5, 0.6) is 5.88 Å². The number of hydrogen-bond acceptors (Lipinski definition) is 6. The molecule has 1 N–H and O–H groups in total. The van der Waals surface area contributed by atoms with Gasteiger partial charge in [-0.25, -0.2) is 15.0 Å². The first-order chi connectivity index (χ1) is 10.4. The highest BCUT2D eigenvalue weighted by molar-refractivity contribution is 5.94. The first kappa shape index (κ1) is 15.9. The third kappa shape index (κ3) is 3.39. The number of methoxy groups -OCH3 is 1. The molecule has 2 heterocycles. The fourth-order valence-corrected chi connectivity index (χ4v) is 2.28. The number of carbonyl (C=O) groups excluding carboxylic acids is 1. The topological polar surface area (TPSA) is 77.0 Å². The van der Waals surface area contributed by atoms with Gasteiger partial charge in [0.2, 0.25) is 11.8 Å². The second-order valence-electron chi connectivity index (χ2n) is 5.17. The van der Waals surface area contributed by atoms with E-state index in [2.05, 4.69) is 20.3 Å². The highest BCUT2D eigenvalue weighted by Gasteiger charge is 2.11. The van der Waals surface area contributed by atoms with E-state index < -0.39 is 0 Å². The van der Waals surface area contributed by atoms with Crippen molar-refractivity contribution in [3.8, 4) is 5.88 Å². The molecule has 2 aromatic rings. The number of anilines is 1. The van der Waals surface area contributed by atoms with E-state index in [1.807, 2.05) is 19.9 Å². The average Bonchev–Trinajstić information content (AvgIpc) is 2.45. The number of ketones is 1. The summed E-state index contributed by atoms with van der Waals surface area (Å²) in [6, 6.07) is 2.00. The van der Waals surface area contributed by atoms with E-state index in [0.29, 0.717) is 29.6 Å². The summed E-state index contributed by atoms with van der Waals surface area (Å²) in [4.78, 5) is 24.2. The van der Waals surface area contributed by atoms with Gasteiger partial charge in [0, 0.05) is 24.0 Å². The van der Waals surface area contributed by atoms with Crippen molar-refractivity contribution in [3.05, 3.63) is 40.3 Å². The van der Waals surface area contributed by atoms with E-state index in [1.165, 1.54) is 6.92 Å². The van der Waals surface area contributed by atoms with Gasteiger partial charge in [0.1, 0.15) is 0 Å². The second kappa shape index (κ2) is 6.51. The lowest BCUT2D eigenvalue weighted by Gasteiger charge is -2.13. The fraction of sp³-hybridized carbons (Fsp3) is 0.375. The van der Waals surface area contributed by atoms with Gasteiger partial charge in [-0.15, -0.1) is 0 Å². The summed E-state index contributed by atoms with van der Waals surface area (Å²) in [6.07, 6.45) is 1.55. The maximum atomic E-state index is 11.4. The third-order valence-corrected chi connectivity index (χ3v) is 3.41. The van der Waals surface area contributed by atoms with Crippen molar-refractivity contribution in [2.24, 2.45) is 0 Å². The lowest BCUT2D eigenvalue weighted by molar-refractivity contribution is 0.101. The van der Waals surface area contributed by atoms with Crippen LogP contribution in [0.2, 0.25) is 0 Å². The Morgan fingerprint density at radius 1 is 1.27 bits per heavy atom. The molecule has 0 aromatic carbocycles. The smallest absolute Gasteiger partial charge is 0.223 e. The summed E-state index contributed by atoms with van der Waals surface area (Å²) in [5.41, 5.74) is 4.17. The van der Waals surface area contributed by atoms with E-state index in [-0.39, 0.29) is 5.78 Å². The molecule has 0 aliphatic heterocycles. The van der Waals surface area contributed by atoms with E-state index in [4.69, 9.17) is 4.74 Å². The van der Waals surface area contributed by atoms with Crippen LogP contribution in [0.15, 0.2) is 12.3 Å². The van der Waals surface area contributed by atoms with Crippen LogP contribution in [0.1, 0.15) is 39.8 Å². The number of Topliss-reactive ketones (excluding diaryl/α,β-unsaturated/α-hetero) is 1. The van der Waals surface area contributed by atoms with Crippen molar-refractivity contribution < 1.29 is 9.53 Å². The molecule has 0 fully saturated rings. The Labute approximate surface area is 130 Å². The van der Waals surface area contributed by atoms with Crippen molar-refractivity contribution in [3.63, 3.8) is 0 Å². The number of hydrogen-bond donors (Lipinski definition) is 1. The number of nitrogens with zero attached hydrogens (tertiary/aromatic N) is 3. The Morgan fingerprint density at radius 3 is 2.59 bits per heavy atom. The molecule has 0 atom stereocenters. The second-order valence-corrected chi connectivity index (χ2v) is 5.17. The molecule has 0 aliphatic carbocycles. The molecule has 116 valence electrons. The van der Waals surface area contributed by atoms with Gasteiger partial charge in [0.15, 0.2) is 5.78 Å². The van der Waals surface area contributed by atoms with Crippen LogP contribution in [0, 0.1) is 20.8 Å². The molecule has 2 rings (SSSR count). The van der Waals surface area contributed by atoms with Crippen LogP contribution in [0.4, 0.5) is 5.95 Å². The fourth-order valence-electron chi connectivity index (χ4n) is 2.28. The Hall–Kier alpha value is -2.50. The van der Waals surface area contributed by atoms with Gasteiger partial charge in [-0.05, 0) is 39.3 Å². The van der Waals surface area contributed by atoms with E-state index in [9.17, 15) is 4.79 Å². The summed E-state index contributed by atoms with van der Waals surface area (Å²) in [5, 5.41) is 3.15. The maximum absolute atomic E-state index is 11.4. The van der Waals surface area contributed by atoms with Crippen molar-refractivity contribution in [2.45, 2.75) is 34.2 Å².